The lowest BCUT2D eigenvalue weighted by Crippen LogP contribution is -1.94. The van der Waals surface area contributed by atoms with Crippen molar-refractivity contribution in [3.63, 3.8) is 0 Å². The molecule has 0 aliphatic carbocycles. The van der Waals surface area contributed by atoms with Crippen molar-refractivity contribution < 1.29 is 4.74 Å². The molecule has 2 aromatic carbocycles. The second-order valence-corrected chi connectivity index (χ2v) is 6.71. The van der Waals surface area contributed by atoms with Crippen LogP contribution in [0.4, 0.5) is 0 Å². The fourth-order valence-corrected chi connectivity index (χ4v) is 3.71. The summed E-state index contributed by atoms with van der Waals surface area (Å²) in [7, 11) is 3.71. The molecule has 4 nitrogen and oxygen atoms in total. The largest absolute Gasteiger partial charge is 0.497 e. The van der Waals surface area contributed by atoms with E-state index >= 15 is 0 Å². The summed E-state index contributed by atoms with van der Waals surface area (Å²) in [6.45, 7) is 0. The minimum atomic E-state index is 0.850. The summed E-state index contributed by atoms with van der Waals surface area (Å²) < 4.78 is 7.35. The summed E-state index contributed by atoms with van der Waals surface area (Å²) in [6, 6.07) is 20.5. The van der Waals surface area contributed by atoms with Crippen LogP contribution in [0.1, 0.15) is 0 Å². The van der Waals surface area contributed by atoms with E-state index in [4.69, 9.17) is 4.74 Å². The Hall–Kier alpha value is -2.79. The summed E-state index contributed by atoms with van der Waals surface area (Å²) in [5.41, 5.74) is 3.16. The first kappa shape index (κ1) is 15.7. The van der Waals surface area contributed by atoms with Crippen LogP contribution in [0.2, 0.25) is 0 Å². The van der Waals surface area contributed by atoms with Gasteiger partial charge < -0.3 is 9.30 Å². The van der Waals surface area contributed by atoms with Gasteiger partial charge in [0.2, 0.25) is 0 Å². The van der Waals surface area contributed by atoms with Gasteiger partial charge in [-0.15, -0.1) is 0 Å². The third-order valence-electron chi connectivity index (χ3n) is 4.13. The first-order valence-electron chi connectivity index (χ1n) is 7.94. The molecule has 0 aliphatic rings. The van der Waals surface area contributed by atoms with Crippen LogP contribution in [-0.4, -0.2) is 21.6 Å². The Morgan fingerprint density at radius 1 is 0.960 bits per heavy atom. The Morgan fingerprint density at radius 3 is 2.44 bits per heavy atom. The third-order valence-corrected chi connectivity index (χ3v) is 5.16. The van der Waals surface area contributed by atoms with Gasteiger partial charge in [0.25, 0.3) is 0 Å². The number of aryl methyl sites for hydroxylation is 1. The van der Waals surface area contributed by atoms with E-state index in [-0.39, 0.29) is 0 Å². The standard InChI is InChI=1S/C20H17N3OS/c1-23-18(14-8-10-15(24-2)11-9-14)12-17-19(23)21-13-22-20(17)25-16-6-4-3-5-7-16/h3-13H,1-2H3. The zero-order valence-corrected chi connectivity index (χ0v) is 14.8. The number of aromatic nitrogens is 3. The van der Waals surface area contributed by atoms with Gasteiger partial charge in [0.05, 0.1) is 18.2 Å². The molecule has 0 saturated carbocycles. The predicted octanol–water partition coefficient (Wildman–Crippen LogP) is 4.80. The van der Waals surface area contributed by atoms with Crippen molar-refractivity contribution in [2.75, 3.05) is 7.11 Å². The minimum Gasteiger partial charge on any atom is -0.497 e. The van der Waals surface area contributed by atoms with Gasteiger partial charge in [-0.25, -0.2) is 9.97 Å². The smallest absolute Gasteiger partial charge is 0.144 e. The first-order valence-corrected chi connectivity index (χ1v) is 8.75. The highest BCUT2D eigenvalue weighted by Crippen LogP contribution is 2.34. The fraction of sp³-hybridized carbons (Fsp3) is 0.100. The highest BCUT2D eigenvalue weighted by Gasteiger charge is 2.14. The van der Waals surface area contributed by atoms with Crippen LogP contribution in [0.15, 0.2) is 76.9 Å². The average molecular weight is 347 g/mol. The van der Waals surface area contributed by atoms with E-state index < -0.39 is 0 Å². The fourth-order valence-electron chi connectivity index (χ4n) is 2.83. The van der Waals surface area contributed by atoms with E-state index in [0.717, 1.165) is 38.0 Å². The quantitative estimate of drug-likeness (QED) is 0.497. The van der Waals surface area contributed by atoms with Crippen LogP contribution in [0.25, 0.3) is 22.3 Å². The Kier molecular flexibility index (Phi) is 4.15. The van der Waals surface area contributed by atoms with Crippen molar-refractivity contribution in [3.05, 3.63) is 67.0 Å². The van der Waals surface area contributed by atoms with Crippen molar-refractivity contribution in [3.8, 4) is 17.0 Å². The van der Waals surface area contributed by atoms with Crippen LogP contribution in [0.5, 0.6) is 5.75 Å². The van der Waals surface area contributed by atoms with Gasteiger partial charge in [-0.05, 0) is 48.0 Å². The zero-order valence-electron chi connectivity index (χ0n) is 14.0. The number of benzene rings is 2. The molecule has 4 rings (SSSR count). The molecular formula is C20H17N3OS. The lowest BCUT2D eigenvalue weighted by atomic mass is 10.1. The number of rotatable bonds is 4. The Bertz CT molecular complexity index is 1010. The van der Waals surface area contributed by atoms with Gasteiger partial charge in [-0.2, -0.15) is 0 Å². The molecule has 0 amide bonds. The second-order valence-electron chi connectivity index (χ2n) is 5.65. The van der Waals surface area contributed by atoms with Crippen molar-refractivity contribution in [1.82, 2.24) is 14.5 Å². The lowest BCUT2D eigenvalue weighted by Gasteiger charge is -2.05. The maximum absolute atomic E-state index is 5.25. The molecule has 0 bridgehead atoms. The molecule has 0 saturated heterocycles. The van der Waals surface area contributed by atoms with E-state index in [2.05, 4.69) is 44.9 Å². The van der Waals surface area contributed by atoms with E-state index in [1.165, 1.54) is 0 Å². The molecule has 2 heterocycles. The third kappa shape index (κ3) is 2.98. The number of methoxy groups -OCH3 is 1. The molecule has 0 N–H and O–H groups in total. The number of nitrogens with zero attached hydrogens (tertiary/aromatic N) is 3. The average Bonchev–Trinajstić information content (AvgIpc) is 3.01. The normalized spacial score (nSPS) is 11.0. The highest BCUT2D eigenvalue weighted by atomic mass is 32.2. The van der Waals surface area contributed by atoms with E-state index in [0.29, 0.717) is 0 Å². The molecule has 25 heavy (non-hydrogen) atoms. The number of fused-ring (bicyclic) bond motifs is 1. The van der Waals surface area contributed by atoms with Crippen LogP contribution >= 0.6 is 11.8 Å². The molecular weight excluding hydrogens is 330 g/mol. The van der Waals surface area contributed by atoms with Crippen LogP contribution in [0.3, 0.4) is 0 Å². The molecule has 0 radical (unpaired) electrons. The van der Waals surface area contributed by atoms with Crippen LogP contribution < -0.4 is 4.74 Å². The Morgan fingerprint density at radius 2 is 1.72 bits per heavy atom. The van der Waals surface area contributed by atoms with E-state index in [1.54, 1.807) is 25.2 Å². The predicted molar refractivity (Wildman–Crippen MR) is 101 cm³/mol. The van der Waals surface area contributed by atoms with Gasteiger partial charge in [0.15, 0.2) is 0 Å². The zero-order chi connectivity index (χ0) is 17.2. The van der Waals surface area contributed by atoms with Gasteiger partial charge in [-0.3, -0.25) is 0 Å². The summed E-state index contributed by atoms with van der Waals surface area (Å²) in [6.07, 6.45) is 1.63. The topological polar surface area (TPSA) is 39.9 Å². The van der Waals surface area contributed by atoms with E-state index in [1.807, 2.05) is 37.4 Å². The monoisotopic (exact) mass is 347 g/mol. The van der Waals surface area contributed by atoms with Gasteiger partial charge in [0, 0.05) is 11.9 Å². The Balaban J connectivity index is 1.79. The molecule has 0 aliphatic heterocycles. The molecule has 0 fully saturated rings. The maximum Gasteiger partial charge on any atom is 0.144 e. The minimum absolute atomic E-state index is 0.850. The molecule has 2 aromatic heterocycles. The van der Waals surface area contributed by atoms with Gasteiger partial charge in [-0.1, -0.05) is 30.0 Å². The SMILES string of the molecule is COc1ccc(-c2cc3c(Sc4ccccc4)ncnc3n2C)cc1. The van der Waals surface area contributed by atoms with Crippen molar-refractivity contribution in [2.24, 2.45) is 7.05 Å². The maximum atomic E-state index is 5.25. The molecule has 5 heteroatoms. The number of ether oxygens (including phenoxy) is 1. The molecule has 4 aromatic rings. The van der Waals surface area contributed by atoms with Crippen LogP contribution in [-0.2, 0) is 7.05 Å². The molecule has 124 valence electrons. The summed E-state index contributed by atoms with van der Waals surface area (Å²) in [5, 5.41) is 2.02. The van der Waals surface area contributed by atoms with Crippen molar-refractivity contribution in [2.45, 2.75) is 9.92 Å². The van der Waals surface area contributed by atoms with Crippen molar-refractivity contribution >= 4 is 22.8 Å². The first-order chi connectivity index (χ1) is 12.3. The van der Waals surface area contributed by atoms with E-state index in [9.17, 15) is 0 Å². The highest BCUT2D eigenvalue weighted by molar-refractivity contribution is 7.99. The van der Waals surface area contributed by atoms with Crippen LogP contribution in [0, 0.1) is 0 Å². The van der Waals surface area contributed by atoms with Crippen molar-refractivity contribution in [1.29, 1.82) is 0 Å². The molecule has 0 atom stereocenters. The second kappa shape index (κ2) is 6.61. The number of hydrogen-bond donors (Lipinski definition) is 0. The van der Waals surface area contributed by atoms with Gasteiger partial charge >= 0.3 is 0 Å². The molecule has 0 spiro atoms. The summed E-state index contributed by atoms with van der Waals surface area (Å²) >= 11 is 1.66. The summed E-state index contributed by atoms with van der Waals surface area (Å²) in [4.78, 5) is 10.1. The summed E-state index contributed by atoms with van der Waals surface area (Å²) in [5.74, 6) is 0.850. The lowest BCUT2D eigenvalue weighted by molar-refractivity contribution is 0.415. The molecule has 0 unspecified atom stereocenters. The Labute approximate surface area is 150 Å². The number of hydrogen-bond acceptors (Lipinski definition) is 4. The van der Waals surface area contributed by atoms with Gasteiger partial charge in [0.1, 0.15) is 22.7 Å².